The first-order valence-corrected chi connectivity index (χ1v) is 7.85. The Balaban J connectivity index is 2.44. The number of methoxy groups -OCH3 is 1. The van der Waals surface area contributed by atoms with E-state index in [1.807, 2.05) is 26.0 Å². The van der Waals surface area contributed by atoms with Crippen molar-refractivity contribution in [2.75, 3.05) is 7.11 Å². The van der Waals surface area contributed by atoms with E-state index in [2.05, 4.69) is 20.9 Å². The van der Waals surface area contributed by atoms with Crippen molar-refractivity contribution in [2.45, 2.75) is 26.5 Å². The molecule has 0 saturated carbocycles. The van der Waals surface area contributed by atoms with Crippen LogP contribution in [0.2, 0.25) is 5.02 Å². The van der Waals surface area contributed by atoms with E-state index < -0.39 is 5.97 Å². The molecule has 0 saturated heterocycles. The molecule has 0 aliphatic heterocycles. The molecule has 1 aromatic carbocycles. The molecule has 0 aliphatic carbocycles. The lowest BCUT2D eigenvalue weighted by molar-refractivity contribution is 0.0585. The highest BCUT2D eigenvalue weighted by molar-refractivity contribution is 9.10. The summed E-state index contributed by atoms with van der Waals surface area (Å²) in [4.78, 5) is 16.3. The maximum absolute atomic E-state index is 12.0. The second kappa shape index (κ2) is 7.15. The molecule has 0 unspecified atom stereocenters. The van der Waals surface area contributed by atoms with Crippen LogP contribution >= 0.6 is 27.5 Å². The van der Waals surface area contributed by atoms with E-state index in [9.17, 15) is 4.79 Å². The monoisotopic (exact) mass is 386 g/mol. The number of benzene rings is 1. The Morgan fingerprint density at radius 3 is 2.55 bits per heavy atom. The number of carbonyl (C=O) groups excluding carboxylic acids is 1. The Kier molecular flexibility index (Phi) is 5.47. The third-order valence-corrected chi connectivity index (χ3v) is 3.67. The molecule has 5 nitrogen and oxygen atoms in total. The zero-order chi connectivity index (χ0) is 16.3. The first-order valence-electron chi connectivity index (χ1n) is 6.67. The van der Waals surface area contributed by atoms with Crippen LogP contribution in [-0.4, -0.2) is 28.7 Å². The minimum atomic E-state index is -0.480. The van der Waals surface area contributed by atoms with Crippen LogP contribution in [0, 0.1) is 0 Å². The maximum atomic E-state index is 12.0. The van der Waals surface area contributed by atoms with Gasteiger partial charge in [0.1, 0.15) is 4.60 Å². The third-order valence-electron chi connectivity index (χ3n) is 2.86. The molecule has 0 atom stereocenters. The van der Waals surface area contributed by atoms with Crippen molar-refractivity contribution in [3.63, 3.8) is 0 Å². The van der Waals surface area contributed by atoms with Gasteiger partial charge in [0.2, 0.25) is 0 Å². The number of imidazole rings is 1. The molecule has 0 bridgehead atoms. The van der Waals surface area contributed by atoms with Gasteiger partial charge in [-0.3, -0.25) is 4.57 Å². The first-order chi connectivity index (χ1) is 10.4. The van der Waals surface area contributed by atoms with Crippen LogP contribution in [0.4, 0.5) is 0 Å². The number of hydrogen-bond acceptors (Lipinski definition) is 4. The molecule has 0 radical (unpaired) electrons. The number of aromatic nitrogens is 2. The predicted molar refractivity (Wildman–Crippen MR) is 87.6 cm³/mol. The number of nitrogens with zero attached hydrogens (tertiary/aromatic N) is 2. The summed E-state index contributed by atoms with van der Waals surface area (Å²) in [7, 11) is 1.33. The van der Waals surface area contributed by atoms with Crippen LogP contribution < -0.4 is 4.74 Å². The van der Waals surface area contributed by atoms with E-state index in [1.54, 1.807) is 16.7 Å². The Morgan fingerprint density at radius 2 is 2.00 bits per heavy atom. The molecule has 0 N–H and O–H groups in total. The largest absolute Gasteiger partial charge is 0.464 e. The van der Waals surface area contributed by atoms with Gasteiger partial charge in [0, 0.05) is 5.02 Å². The van der Waals surface area contributed by atoms with Gasteiger partial charge < -0.3 is 9.47 Å². The number of halogens is 2. The molecular formula is C15H16BrClN2O3. The summed E-state index contributed by atoms with van der Waals surface area (Å²) in [5.41, 5.74) is 1.28. The highest BCUT2D eigenvalue weighted by Crippen LogP contribution is 2.26. The average Bonchev–Trinajstić information content (AvgIpc) is 2.75. The van der Waals surface area contributed by atoms with Gasteiger partial charge in [-0.15, -0.1) is 0 Å². The van der Waals surface area contributed by atoms with Crippen LogP contribution in [0.15, 0.2) is 28.9 Å². The van der Waals surface area contributed by atoms with E-state index in [0.717, 1.165) is 5.56 Å². The summed E-state index contributed by atoms with van der Waals surface area (Å²) in [6.45, 7) is 4.21. The number of carbonyl (C=O) groups is 1. The van der Waals surface area contributed by atoms with Crippen molar-refractivity contribution in [1.82, 2.24) is 9.55 Å². The molecule has 7 heteroatoms. The Hall–Kier alpha value is -1.53. The van der Waals surface area contributed by atoms with Crippen molar-refractivity contribution in [1.29, 1.82) is 0 Å². The number of hydrogen-bond donors (Lipinski definition) is 0. The predicted octanol–water partition coefficient (Wildman–Crippen LogP) is 3.92. The van der Waals surface area contributed by atoms with Gasteiger partial charge >= 0.3 is 5.97 Å². The number of esters is 1. The van der Waals surface area contributed by atoms with Crippen LogP contribution in [0.3, 0.4) is 0 Å². The Bertz CT molecular complexity index is 668. The van der Waals surface area contributed by atoms with Gasteiger partial charge in [-0.1, -0.05) is 23.7 Å². The fourth-order valence-corrected chi connectivity index (χ4v) is 2.57. The molecular weight excluding hydrogens is 372 g/mol. The smallest absolute Gasteiger partial charge is 0.357 e. The van der Waals surface area contributed by atoms with Gasteiger partial charge in [0.15, 0.2) is 5.69 Å². The van der Waals surface area contributed by atoms with Crippen LogP contribution in [0.25, 0.3) is 0 Å². The fourth-order valence-electron chi connectivity index (χ4n) is 1.92. The second-order valence-corrected chi connectivity index (χ2v) is 6.09. The van der Waals surface area contributed by atoms with E-state index in [0.29, 0.717) is 27.9 Å². The first kappa shape index (κ1) is 16.8. The van der Waals surface area contributed by atoms with E-state index in [4.69, 9.17) is 21.1 Å². The molecule has 0 fully saturated rings. The van der Waals surface area contributed by atoms with Gasteiger partial charge in [0.25, 0.3) is 6.01 Å². The van der Waals surface area contributed by atoms with Gasteiger partial charge in [-0.25, -0.2) is 4.79 Å². The lowest BCUT2D eigenvalue weighted by Gasteiger charge is -2.13. The summed E-state index contributed by atoms with van der Waals surface area (Å²) < 4.78 is 12.6. The summed E-state index contributed by atoms with van der Waals surface area (Å²) in [6.07, 6.45) is -0.0660. The Morgan fingerprint density at radius 1 is 1.36 bits per heavy atom. The summed E-state index contributed by atoms with van der Waals surface area (Å²) in [5.74, 6) is -0.480. The van der Waals surface area contributed by atoms with Crippen LogP contribution in [0.5, 0.6) is 6.01 Å². The van der Waals surface area contributed by atoms with E-state index >= 15 is 0 Å². The molecule has 22 heavy (non-hydrogen) atoms. The summed E-state index contributed by atoms with van der Waals surface area (Å²) in [6, 6.07) is 7.72. The minimum absolute atomic E-state index is 0.0660. The quantitative estimate of drug-likeness (QED) is 0.730. The van der Waals surface area contributed by atoms with Crippen molar-refractivity contribution in [2.24, 2.45) is 0 Å². The molecule has 1 aromatic heterocycles. The topological polar surface area (TPSA) is 53.4 Å². The molecule has 0 spiro atoms. The third kappa shape index (κ3) is 3.81. The number of rotatable bonds is 5. The molecule has 1 heterocycles. The summed E-state index contributed by atoms with van der Waals surface area (Å²) >= 11 is 9.19. The normalized spacial score (nSPS) is 10.8. The zero-order valence-corrected chi connectivity index (χ0v) is 14.8. The SMILES string of the molecule is COC(=O)c1c(Br)nc(OC(C)C)n1Cc1ccc(Cl)cc1. The zero-order valence-electron chi connectivity index (χ0n) is 12.5. The lowest BCUT2D eigenvalue weighted by atomic mass is 10.2. The van der Waals surface area contributed by atoms with Gasteiger partial charge in [-0.05, 0) is 47.5 Å². The lowest BCUT2D eigenvalue weighted by Crippen LogP contribution is -2.16. The second-order valence-electron chi connectivity index (χ2n) is 4.90. The molecule has 118 valence electrons. The maximum Gasteiger partial charge on any atom is 0.357 e. The number of ether oxygens (including phenoxy) is 2. The molecule has 0 amide bonds. The van der Waals surface area contributed by atoms with E-state index in [-0.39, 0.29) is 6.10 Å². The molecule has 0 aliphatic rings. The molecule has 2 rings (SSSR count). The van der Waals surface area contributed by atoms with Crippen molar-refractivity contribution < 1.29 is 14.3 Å². The van der Waals surface area contributed by atoms with Crippen molar-refractivity contribution in [3.8, 4) is 6.01 Å². The van der Waals surface area contributed by atoms with Crippen LogP contribution in [0.1, 0.15) is 29.9 Å². The highest BCUT2D eigenvalue weighted by Gasteiger charge is 2.24. The van der Waals surface area contributed by atoms with Crippen LogP contribution in [-0.2, 0) is 11.3 Å². The fraction of sp³-hybridized carbons (Fsp3) is 0.333. The van der Waals surface area contributed by atoms with Crippen molar-refractivity contribution in [3.05, 3.63) is 45.1 Å². The molecule has 2 aromatic rings. The van der Waals surface area contributed by atoms with Gasteiger partial charge in [-0.2, -0.15) is 4.98 Å². The van der Waals surface area contributed by atoms with E-state index in [1.165, 1.54) is 7.11 Å². The summed E-state index contributed by atoms with van der Waals surface area (Å²) in [5, 5.41) is 0.655. The standard InChI is InChI=1S/C15H16BrClN2O3/c1-9(2)22-15-18-13(16)12(14(20)21-3)19(15)8-10-4-6-11(17)7-5-10/h4-7,9H,8H2,1-3H3. The van der Waals surface area contributed by atoms with Crippen molar-refractivity contribution >= 4 is 33.5 Å². The minimum Gasteiger partial charge on any atom is -0.464 e. The Labute approximate surface area is 142 Å². The van der Waals surface area contributed by atoms with Gasteiger partial charge in [0.05, 0.1) is 19.8 Å². The average molecular weight is 388 g/mol. The highest BCUT2D eigenvalue weighted by atomic mass is 79.9.